The number of nitrogens with one attached hydrogen (secondary N) is 2. The second kappa shape index (κ2) is 10.4. The standard InChI is InChI=1S/C28H38N4O.2ClH/c1-3-29-22-8-9-32(17-22)25-7-5-23-24(30-25)6-4-18(2)27(23)31-26(33)16-28-13-19-10-20(14-28)12-21(11-19)15-28;;/h4-7,19-22,29H,3,8-17H2,1-2H3,(H,31,33);2*1H/t19?,20?,21?,22-,28?;;/m0../s1. The molecule has 35 heavy (non-hydrogen) atoms. The molecule has 7 rings (SSSR count). The Morgan fingerprint density at radius 3 is 2.40 bits per heavy atom. The second-order valence-electron chi connectivity index (χ2n) is 11.6. The van der Waals surface area contributed by atoms with E-state index in [4.69, 9.17) is 4.98 Å². The minimum absolute atomic E-state index is 0. The molecule has 0 spiro atoms. The van der Waals surface area contributed by atoms with Gasteiger partial charge in [0.15, 0.2) is 0 Å². The van der Waals surface area contributed by atoms with Gasteiger partial charge in [-0.2, -0.15) is 0 Å². The summed E-state index contributed by atoms with van der Waals surface area (Å²) in [5.41, 5.74) is 3.30. The summed E-state index contributed by atoms with van der Waals surface area (Å²) in [6, 6.07) is 9.03. The predicted molar refractivity (Wildman–Crippen MR) is 149 cm³/mol. The Balaban J connectivity index is 0.00000144. The van der Waals surface area contributed by atoms with Crippen LogP contribution in [0, 0.1) is 30.1 Å². The summed E-state index contributed by atoms with van der Waals surface area (Å²) in [6.07, 6.45) is 9.93. The fourth-order valence-corrected chi connectivity index (χ4v) is 8.10. The molecule has 5 aliphatic rings. The van der Waals surface area contributed by atoms with Crippen LogP contribution in [0.3, 0.4) is 0 Å². The Morgan fingerprint density at radius 2 is 1.74 bits per heavy atom. The number of halogens is 2. The quantitative estimate of drug-likeness (QED) is 0.483. The second-order valence-corrected chi connectivity index (χ2v) is 11.6. The highest BCUT2D eigenvalue weighted by Gasteiger charge is 2.51. The van der Waals surface area contributed by atoms with E-state index in [1.165, 1.54) is 38.5 Å². The van der Waals surface area contributed by atoms with E-state index in [1.807, 2.05) is 0 Å². The van der Waals surface area contributed by atoms with Crippen molar-refractivity contribution in [2.75, 3.05) is 29.9 Å². The average molecular weight is 520 g/mol. The van der Waals surface area contributed by atoms with Crippen molar-refractivity contribution in [2.24, 2.45) is 23.2 Å². The van der Waals surface area contributed by atoms with Gasteiger partial charge in [-0.25, -0.2) is 4.98 Å². The monoisotopic (exact) mass is 518 g/mol. The summed E-state index contributed by atoms with van der Waals surface area (Å²) in [4.78, 5) is 20.7. The van der Waals surface area contributed by atoms with Gasteiger partial charge in [0, 0.05) is 30.9 Å². The number of likely N-dealkylation sites (N-methyl/N-ethyl adjacent to an activating group) is 1. The van der Waals surface area contributed by atoms with Crippen LogP contribution in [0.2, 0.25) is 0 Å². The van der Waals surface area contributed by atoms with E-state index in [9.17, 15) is 4.79 Å². The number of rotatable bonds is 6. The number of anilines is 2. The highest BCUT2D eigenvalue weighted by molar-refractivity contribution is 6.02. The van der Waals surface area contributed by atoms with E-state index < -0.39 is 0 Å². The van der Waals surface area contributed by atoms with Crippen LogP contribution < -0.4 is 15.5 Å². The number of amides is 1. The van der Waals surface area contributed by atoms with Crippen LogP contribution >= 0.6 is 24.8 Å². The number of benzene rings is 1. The van der Waals surface area contributed by atoms with Crippen molar-refractivity contribution in [2.45, 2.75) is 71.3 Å². The van der Waals surface area contributed by atoms with Gasteiger partial charge in [0.1, 0.15) is 5.82 Å². The molecule has 192 valence electrons. The molecule has 0 unspecified atom stereocenters. The van der Waals surface area contributed by atoms with Gasteiger partial charge in [0.2, 0.25) is 5.91 Å². The van der Waals surface area contributed by atoms with E-state index in [1.54, 1.807) is 0 Å². The van der Waals surface area contributed by atoms with Gasteiger partial charge in [-0.05, 0) is 105 Å². The molecule has 1 aliphatic heterocycles. The lowest BCUT2D eigenvalue weighted by Crippen LogP contribution is -2.47. The molecule has 1 atom stereocenters. The lowest BCUT2D eigenvalue weighted by Gasteiger charge is -2.56. The SMILES string of the molecule is CCN[C@H]1CCN(c2ccc3c(NC(=O)CC45CC6CC(CC(C6)C4)C5)c(C)ccc3n2)C1.Cl.Cl. The Kier molecular flexibility index (Phi) is 7.90. The van der Waals surface area contributed by atoms with Gasteiger partial charge in [-0.1, -0.05) is 13.0 Å². The summed E-state index contributed by atoms with van der Waals surface area (Å²) in [5, 5.41) is 7.95. The molecule has 1 aromatic heterocycles. The van der Waals surface area contributed by atoms with E-state index in [0.29, 0.717) is 12.5 Å². The van der Waals surface area contributed by atoms with Crippen LogP contribution in [0.15, 0.2) is 24.3 Å². The number of fused-ring (bicyclic) bond motifs is 1. The molecule has 5 nitrogen and oxygen atoms in total. The van der Waals surface area contributed by atoms with Crippen LogP contribution in [0.4, 0.5) is 11.5 Å². The Hall–Kier alpha value is -1.56. The lowest BCUT2D eigenvalue weighted by molar-refractivity contribution is -0.124. The third-order valence-corrected chi connectivity index (χ3v) is 9.03. The normalized spacial score (nSPS) is 30.7. The van der Waals surface area contributed by atoms with Crippen LogP contribution in [-0.2, 0) is 4.79 Å². The highest BCUT2D eigenvalue weighted by atomic mass is 35.5. The zero-order chi connectivity index (χ0) is 22.6. The number of carbonyl (C=O) groups excluding carboxylic acids is 1. The molecule has 1 amide bonds. The van der Waals surface area contributed by atoms with E-state index >= 15 is 0 Å². The maximum Gasteiger partial charge on any atom is 0.224 e. The fourth-order valence-electron chi connectivity index (χ4n) is 8.10. The first-order valence-electron chi connectivity index (χ1n) is 13.2. The number of carbonyl (C=O) groups is 1. The van der Waals surface area contributed by atoms with Crippen molar-refractivity contribution in [3.8, 4) is 0 Å². The largest absolute Gasteiger partial charge is 0.355 e. The fraction of sp³-hybridized carbons (Fsp3) is 0.643. The van der Waals surface area contributed by atoms with Gasteiger partial charge in [-0.3, -0.25) is 4.79 Å². The number of hydrogen-bond donors (Lipinski definition) is 2. The third kappa shape index (κ3) is 5.14. The van der Waals surface area contributed by atoms with Crippen molar-refractivity contribution >= 4 is 53.1 Å². The number of pyridine rings is 1. The van der Waals surface area contributed by atoms with Crippen molar-refractivity contribution < 1.29 is 4.79 Å². The molecular weight excluding hydrogens is 479 g/mol. The zero-order valence-electron chi connectivity index (χ0n) is 21.0. The van der Waals surface area contributed by atoms with Crippen molar-refractivity contribution in [3.05, 3.63) is 29.8 Å². The minimum Gasteiger partial charge on any atom is -0.355 e. The summed E-state index contributed by atoms with van der Waals surface area (Å²) in [6.45, 7) is 7.31. The van der Waals surface area contributed by atoms with Crippen LogP contribution in [-0.4, -0.2) is 36.6 Å². The molecule has 4 bridgehead atoms. The zero-order valence-corrected chi connectivity index (χ0v) is 22.6. The van der Waals surface area contributed by atoms with E-state index in [0.717, 1.165) is 71.8 Å². The first-order valence-corrected chi connectivity index (χ1v) is 13.2. The summed E-state index contributed by atoms with van der Waals surface area (Å²) < 4.78 is 0. The minimum atomic E-state index is 0. The maximum atomic E-state index is 13.3. The van der Waals surface area contributed by atoms with Crippen molar-refractivity contribution in [1.82, 2.24) is 10.3 Å². The molecule has 5 fully saturated rings. The topological polar surface area (TPSA) is 57.3 Å². The first kappa shape index (κ1) is 26.5. The van der Waals surface area contributed by atoms with Crippen LogP contribution in [0.1, 0.15) is 63.9 Å². The Morgan fingerprint density at radius 1 is 1.06 bits per heavy atom. The number of aromatic nitrogens is 1. The molecule has 1 saturated heterocycles. The lowest BCUT2D eigenvalue weighted by atomic mass is 9.49. The highest BCUT2D eigenvalue weighted by Crippen LogP contribution is 2.61. The van der Waals surface area contributed by atoms with Gasteiger partial charge < -0.3 is 15.5 Å². The van der Waals surface area contributed by atoms with Gasteiger partial charge in [-0.15, -0.1) is 24.8 Å². The van der Waals surface area contributed by atoms with Crippen LogP contribution in [0.25, 0.3) is 10.9 Å². The third-order valence-electron chi connectivity index (χ3n) is 9.03. The van der Waals surface area contributed by atoms with Gasteiger partial charge >= 0.3 is 0 Å². The average Bonchev–Trinajstić information content (AvgIpc) is 3.23. The number of aryl methyl sites for hydroxylation is 1. The Bertz CT molecular complexity index is 1040. The number of hydrogen-bond acceptors (Lipinski definition) is 4. The predicted octanol–water partition coefficient (Wildman–Crippen LogP) is 6.12. The maximum absolute atomic E-state index is 13.3. The Labute approximate surface area is 222 Å². The first-order chi connectivity index (χ1) is 16.0. The molecule has 4 saturated carbocycles. The molecule has 0 radical (unpaired) electrons. The summed E-state index contributed by atoms with van der Waals surface area (Å²) in [7, 11) is 0. The summed E-state index contributed by atoms with van der Waals surface area (Å²) in [5.74, 6) is 3.87. The molecule has 1 aromatic carbocycles. The van der Waals surface area contributed by atoms with Crippen molar-refractivity contribution in [1.29, 1.82) is 0 Å². The molecule has 2 heterocycles. The molecular formula is C28H40Cl2N4O. The van der Waals surface area contributed by atoms with E-state index in [-0.39, 0.29) is 36.1 Å². The van der Waals surface area contributed by atoms with Crippen molar-refractivity contribution in [3.63, 3.8) is 0 Å². The smallest absolute Gasteiger partial charge is 0.224 e. The van der Waals surface area contributed by atoms with E-state index in [2.05, 4.69) is 53.6 Å². The number of nitrogens with zero attached hydrogens (tertiary/aromatic N) is 2. The molecule has 4 aliphatic carbocycles. The van der Waals surface area contributed by atoms with Crippen LogP contribution in [0.5, 0.6) is 0 Å². The van der Waals surface area contributed by atoms with Gasteiger partial charge in [0.05, 0.1) is 11.2 Å². The molecule has 2 aromatic rings. The van der Waals surface area contributed by atoms with Gasteiger partial charge in [0.25, 0.3) is 0 Å². The molecule has 2 N–H and O–H groups in total. The summed E-state index contributed by atoms with van der Waals surface area (Å²) >= 11 is 0. The molecule has 7 heteroatoms.